The average molecular weight is 580 g/mol. The number of benzene rings is 2. The molecular weight excluding hydrogens is 549 g/mol. The van der Waals surface area contributed by atoms with E-state index in [-0.39, 0.29) is 17.8 Å². The van der Waals surface area contributed by atoms with Crippen LogP contribution in [0.2, 0.25) is 5.02 Å². The van der Waals surface area contributed by atoms with Gasteiger partial charge in [0.2, 0.25) is 5.88 Å². The van der Waals surface area contributed by atoms with Crippen molar-refractivity contribution >= 4 is 28.5 Å². The van der Waals surface area contributed by atoms with Crippen LogP contribution in [0.5, 0.6) is 5.88 Å². The van der Waals surface area contributed by atoms with Crippen molar-refractivity contribution in [3.05, 3.63) is 82.3 Å². The Kier molecular flexibility index (Phi) is 8.11. The highest BCUT2D eigenvalue weighted by Gasteiger charge is 2.26. The largest absolute Gasteiger partial charge is 0.474 e. The van der Waals surface area contributed by atoms with Crippen molar-refractivity contribution in [3.8, 4) is 5.88 Å². The van der Waals surface area contributed by atoms with Gasteiger partial charge in [0.05, 0.1) is 35.8 Å². The number of ether oxygens (including phenoxy) is 2. The van der Waals surface area contributed by atoms with Crippen molar-refractivity contribution in [1.82, 2.24) is 29.9 Å². The number of amidine groups is 1. The third-order valence-electron chi connectivity index (χ3n) is 7.62. The lowest BCUT2D eigenvalue weighted by Crippen LogP contribution is -2.39. The van der Waals surface area contributed by atoms with Crippen LogP contribution in [0.15, 0.2) is 48.7 Å². The molecule has 0 saturated carbocycles. The molecule has 41 heavy (non-hydrogen) atoms. The first-order valence-corrected chi connectivity index (χ1v) is 14.1. The molecule has 0 bridgehead atoms. The van der Waals surface area contributed by atoms with Crippen LogP contribution in [0.25, 0.3) is 11.0 Å². The van der Waals surface area contributed by atoms with E-state index in [1.807, 2.05) is 28.8 Å². The summed E-state index contributed by atoms with van der Waals surface area (Å²) in [5.74, 6) is 1.08. The molecule has 10 nitrogen and oxygen atoms in total. The number of hydrogen-bond acceptors (Lipinski definition) is 8. The van der Waals surface area contributed by atoms with Crippen molar-refractivity contribution in [1.29, 1.82) is 5.41 Å². The Morgan fingerprint density at radius 2 is 1.93 bits per heavy atom. The molecule has 214 valence electrons. The fraction of sp³-hybridized carbons (Fsp3) is 0.379. The van der Waals surface area contributed by atoms with E-state index in [1.54, 1.807) is 17.7 Å². The first-order valence-electron chi connectivity index (χ1n) is 13.7. The number of piperidine rings is 1. The smallest absolute Gasteiger partial charge is 0.216 e. The number of nitrogens with zero attached hydrogens (tertiary/aromatic N) is 5. The van der Waals surface area contributed by atoms with Gasteiger partial charge in [-0.1, -0.05) is 23.7 Å². The van der Waals surface area contributed by atoms with Gasteiger partial charge >= 0.3 is 0 Å². The van der Waals surface area contributed by atoms with Gasteiger partial charge in [0.15, 0.2) is 5.84 Å². The summed E-state index contributed by atoms with van der Waals surface area (Å²) in [7, 11) is 0. The maximum absolute atomic E-state index is 14.8. The third-order valence-corrected chi connectivity index (χ3v) is 7.87. The van der Waals surface area contributed by atoms with E-state index in [2.05, 4.69) is 14.9 Å². The first kappa shape index (κ1) is 27.5. The van der Waals surface area contributed by atoms with Gasteiger partial charge in [0.1, 0.15) is 23.6 Å². The van der Waals surface area contributed by atoms with Gasteiger partial charge in [0, 0.05) is 49.5 Å². The van der Waals surface area contributed by atoms with E-state index in [9.17, 15) is 4.39 Å². The summed E-state index contributed by atoms with van der Waals surface area (Å²) in [5.41, 5.74) is 3.99. The molecule has 6 rings (SSSR count). The zero-order chi connectivity index (χ0) is 28.3. The minimum atomic E-state index is -0.592. The number of hydrogen-bond donors (Lipinski definition) is 3. The first-order chi connectivity index (χ1) is 19.9. The fourth-order valence-corrected chi connectivity index (χ4v) is 5.40. The number of aromatic nitrogens is 4. The van der Waals surface area contributed by atoms with E-state index in [0.717, 1.165) is 50.3 Å². The number of nitrogens with one attached hydrogen (secondary N) is 2. The van der Waals surface area contributed by atoms with E-state index < -0.39 is 11.7 Å². The molecule has 0 spiro atoms. The molecule has 2 saturated heterocycles. The lowest BCUT2D eigenvalue weighted by Gasteiger charge is -2.32. The molecule has 2 aliphatic rings. The molecule has 2 fully saturated rings. The predicted octanol–water partition coefficient (Wildman–Crippen LogP) is 4.35. The van der Waals surface area contributed by atoms with Crippen LogP contribution in [0.1, 0.15) is 42.0 Å². The summed E-state index contributed by atoms with van der Waals surface area (Å²) in [6, 6.07) is 12.3. The zero-order valence-corrected chi connectivity index (χ0v) is 23.1. The highest BCUT2D eigenvalue weighted by molar-refractivity contribution is 6.30. The molecule has 2 aromatic heterocycles. The van der Waals surface area contributed by atoms with E-state index in [1.165, 1.54) is 12.1 Å². The lowest BCUT2D eigenvalue weighted by molar-refractivity contribution is -0.0592. The zero-order valence-electron chi connectivity index (χ0n) is 22.4. The molecule has 2 aliphatic heterocycles. The van der Waals surface area contributed by atoms with E-state index in [4.69, 9.17) is 36.7 Å². The summed E-state index contributed by atoms with van der Waals surface area (Å²) >= 11 is 5.99. The van der Waals surface area contributed by atoms with Crippen LogP contribution in [0, 0.1) is 11.2 Å². The number of imidazole rings is 1. The number of likely N-dealkylation sites (tertiary alicyclic amines) is 1. The van der Waals surface area contributed by atoms with Crippen molar-refractivity contribution in [2.24, 2.45) is 0 Å². The molecule has 0 radical (unpaired) electrons. The van der Waals surface area contributed by atoms with Crippen LogP contribution in [-0.2, 0) is 24.2 Å². The van der Waals surface area contributed by atoms with Crippen molar-refractivity contribution in [2.75, 3.05) is 19.7 Å². The fourth-order valence-electron chi connectivity index (χ4n) is 5.28. The molecule has 1 atom stereocenters. The highest BCUT2D eigenvalue weighted by atomic mass is 35.5. The Balaban J connectivity index is 1.11. The second-order valence-corrected chi connectivity index (χ2v) is 10.9. The van der Waals surface area contributed by atoms with Gasteiger partial charge in [-0.15, -0.1) is 0 Å². The molecule has 3 N–H and O–H groups in total. The molecule has 4 heterocycles. The van der Waals surface area contributed by atoms with Gasteiger partial charge in [-0.25, -0.2) is 14.4 Å². The molecule has 0 aliphatic carbocycles. The SMILES string of the molecule is N=C(NO)c1cc2nc(CN3CCC(Oc4ccnc(Cc5ccc(Cl)cc5)n4)CC3)n(C[C@@H]3CCO3)c2cc1F. The maximum Gasteiger partial charge on any atom is 0.216 e. The van der Waals surface area contributed by atoms with Crippen LogP contribution >= 0.6 is 11.6 Å². The summed E-state index contributed by atoms with van der Waals surface area (Å²) in [5, 5.41) is 17.6. The van der Waals surface area contributed by atoms with Gasteiger partial charge in [-0.2, -0.15) is 4.98 Å². The Morgan fingerprint density at radius 3 is 2.63 bits per heavy atom. The number of fused-ring (bicyclic) bond motifs is 1. The monoisotopic (exact) mass is 579 g/mol. The predicted molar refractivity (Wildman–Crippen MR) is 151 cm³/mol. The maximum atomic E-state index is 14.8. The van der Waals surface area contributed by atoms with Crippen molar-refractivity contribution < 1.29 is 19.1 Å². The Labute approximate surface area is 241 Å². The Morgan fingerprint density at radius 1 is 1.15 bits per heavy atom. The van der Waals surface area contributed by atoms with Gasteiger partial charge in [-0.3, -0.25) is 21.0 Å². The summed E-state index contributed by atoms with van der Waals surface area (Å²) in [4.78, 5) is 16.1. The molecule has 0 amide bonds. The number of hydroxylamine groups is 1. The number of halogens is 2. The standard InChI is InChI=1S/C29H31ClFN7O3/c30-19-3-1-18(2-4-19)13-26-33-9-5-28(35-26)41-20-6-10-37(11-7-20)17-27-34-24-14-22(29(32)36-39)23(31)15-25(24)38(27)16-21-8-12-40-21/h1-5,9,14-15,20-21,39H,6-8,10-13,16-17H2,(H2,32,36)/t21-/m0/s1. The summed E-state index contributed by atoms with van der Waals surface area (Å²) < 4.78 is 28.7. The second kappa shape index (κ2) is 12.1. The highest BCUT2D eigenvalue weighted by Crippen LogP contribution is 2.26. The Bertz CT molecular complexity index is 1540. The van der Waals surface area contributed by atoms with Gasteiger partial charge in [0.25, 0.3) is 0 Å². The Hall–Kier alpha value is -3.64. The van der Waals surface area contributed by atoms with Crippen LogP contribution in [0.4, 0.5) is 4.39 Å². The van der Waals surface area contributed by atoms with E-state index in [0.29, 0.717) is 47.3 Å². The summed E-state index contributed by atoms with van der Waals surface area (Å²) in [6.45, 7) is 3.54. The number of rotatable bonds is 9. The topological polar surface area (TPSA) is 121 Å². The lowest BCUT2D eigenvalue weighted by atomic mass is 10.1. The van der Waals surface area contributed by atoms with Gasteiger partial charge in [-0.05, 0) is 43.0 Å². The van der Waals surface area contributed by atoms with Crippen molar-refractivity contribution in [3.63, 3.8) is 0 Å². The normalized spacial score (nSPS) is 17.9. The van der Waals surface area contributed by atoms with Gasteiger partial charge < -0.3 is 14.0 Å². The van der Waals surface area contributed by atoms with Crippen molar-refractivity contribution in [2.45, 2.75) is 51.0 Å². The van der Waals surface area contributed by atoms with E-state index >= 15 is 0 Å². The van der Waals surface area contributed by atoms with Crippen LogP contribution in [0.3, 0.4) is 0 Å². The minimum absolute atomic E-state index is 0.0323. The molecule has 12 heteroatoms. The second-order valence-electron chi connectivity index (χ2n) is 10.4. The average Bonchev–Trinajstić information content (AvgIpc) is 3.27. The molecule has 0 unspecified atom stereocenters. The van der Waals surface area contributed by atoms with Crippen LogP contribution in [-0.4, -0.2) is 67.4 Å². The quantitative estimate of drug-likeness (QED) is 0.152. The molecular formula is C29H31ClFN7O3. The van der Waals surface area contributed by atoms with Crippen LogP contribution < -0.4 is 10.2 Å². The minimum Gasteiger partial charge on any atom is -0.474 e. The summed E-state index contributed by atoms with van der Waals surface area (Å²) in [6.07, 6.45) is 5.06. The molecule has 2 aromatic carbocycles. The molecule has 4 aromatic rings. The third kappa shape index (κ3) is 6.33.